The average molecular weight is 295 g/mol. The molecule has 0 saturated heterocycles. The lowest BCUT2D eigenvalue weighted by molar-refractivity contribution is 0.423. The molecule has 1 aromatic carbocycles. The van der Waals surface area contributed by atoms with Crippen LogP contribution < -0.4 is 10.0 Å². The van der Waals surface area contributed by atoms with E-state index in [1.54, 1.807) is 18.2 Å². The summed E-state index contributed by atoms with van der Waals surface area (Å²) >= 11 is 0. The SMILES string of the molecule is CCNC(C)c1cccc(S(=O)(=O)Nc2ccon2)c1. The molecule has 1 unspecified atom stereocenters. The van der Waals surface area contributed by atoms with E-state index in [0.29, 0.717) is 0 Å². The summed E-state index contributed by atoms with van der Waals surface area (Å²) in [5.41, 5.74) is 0.912. The summed E-state index contributed by atoms with van der Waals surface area (Å²) in [5.74, 6) is 0.162. The predicted molar refractivity (Wildman–Crippen MR) is 75.8 cm³/mol. The second-order valence-electron chi connectivity index (χ2n) is 4.34. The second-order valence-corrected chi connectivity index (χ2v) is 6.02. The number of sulfonamides is 1. The minimum absolute atomic E-state index is 0.0854. The maximum Gasteiger partial charge on any atom is 0.263 e. The molecule has 0 aliphatic heterocycles. The molecule has 20 heavy (non-hydrogen) atoms. The number of hydrogen-bond donors (Lipinski definition) is 2. The normalized spacial score (nSPS) is 13.1. The molecule has 6 nitrogen and oxygen atoms in total. The average Bonchev–Trinajstić information content (AvgIpc) is 2.91. The summed E-state index contributed by atoms with van der Waals surface area (Å²) in [4.78, 5) is 0.197. The lowest BCUT2D eigenvalue weighted by atomic mass is 10.1. The highest BCUT2D eigenvalue weighted by Gasteiger charge is 2.17. The number of benzene rings is 1. The Morgan fingerprint density at radius 1 is 1.35 bits per heavy atom. The third-order valence-corrected chi connectivity index (χ3v) is 4.21. The van der Waals surface area contributed by atoms with Crippen LogP contribution in [0.2, 0.25) is 0 Å². The number of anilines is 1. The van der Waals surface area contributed by atoms with Crippen LogP contribution in [0.1, 0.15) is 25.5 Å². The number of nitrogens with one attached hydrogen (secondary N) is 2. The van der Waals surface area contributed by atoms with Gasteiger partial charge in [-0.05, 0) is 31.2 Å². The fourth-order valence-corrected chi connectivity index (χ4v) is 2.88. The second kappa shape index (κ2) is 6.06. The van der Waals surface area contributed by atoms with E-state index in [9.17, 15) is 8.42 Å². The minimum atomic E-state index is -3.65. The number of rotatable bonds is 6. The zero-order valence-corrected chi connectivity index (χ0v) is 12.1. The Bertz CT molecular complexity index is 653. The zero-order chi connectivity index (χ0) is 14.6. The molecule has 0 saturated carbocycles. The van der Waals surface area contributed by atoms with Gasteiger partial charge in [0.15, 0.2) is 5.82 Å². The Morgan fingerprint density at radius 3 is 2.80 bits per heavy atom. The van der Waals surface area contributed by atoms with Gasteiger partial charge in [-0.1, -0.05) is 24.2 Å². The van der Waals surface area contributed by atoms with Gasteiger partial charge in [0.05, 0.1) is 4.90 Å². The van der Waals surface area contributed by atoms with Crippen molar-refractivity contribution in [2.45, 2.75) is 24.8 Å². The van der Waals surface area contributed by atoms with Crippen LogP contribution in [0.5, 0.6) is 0 Å². The van der Waals surface area contributed by atoms with Crippen LogP contribution in [0.4, 0.5) is 5.82 Å². The quantitative estimate of drug-likeness (QED) is 0.853. The van der Waals surface area contributed by atoms with Gasteiger partial charge in [0, 0.05) is 12.1 Å². The molecule has 0 aliphatic carbocycles. The van der Waals surface area contributed by atoms with Crippen molar-refractivity contribution in [1.82, 2.24) is 10.5 Å². The molecule has 0 radical (unpaired) electrons. The molecule has 0 fully saturated rings. The number of aromatic nitrogens is 1. The Kier molecular flexibility index (Phi) is 4.41. The largest absolute Gasteiger partial charge is 0.363 e. The highest BCUT2D eigenvalue weighted by Crippen LogP contribution is 2.19. The maximum atomic E-state index is 12.2. The molecule has 108 valence electrons. The third-order valence-electron chi connectivity index (χ3n) is 2.86. The van der Waals surface area contributed by atoms with Crippen LogP contribution in [-0.2, 0) is 10.0 Å². The molecule has 0 spiro atoms. The van der Waals surface area contributed by atoms with Gasteiger partial charge in [0.2, 0.25) is 0 Å². The molecular weight excluding hydrogens is 278 g/mol. The summed E-state index contributed by atoms with van der Waals surface area (Å²) in [6, 6.07) is 8.34. The van der Waals surface area contributed by atoms with Crippen molar-refractivity contribution < 1.29 is 12.9 Å². The summed E-state index contributed by atoms with van der Waals surface area (Å²) in [6.45, 7) is 4.80. The van der Waals surface area contributed by atoms with Crippen molar-refractivity contribution >= 4 is 15.8 Å². The first kappa shape index (κ1) is 14.5. The Morgan fingerprint density at radius 2 is 2.15 bits per heavy atom. The van der Waals surface area contributed by atoms with Crippen LogP contribution in [0, 0.1) is 0 Å². The third kappa shape index (κ3) is 3.37. The van der Waals surface area contributed by atoms with Crippen molar-refractivity contribution in [1.29, 1.82) is 0 Å². The first-order valence-corrected chi connectivity index (χ1v) is 7.78. The van der Waals surface area contributed by atoms with Gasteiger partial charge in [-0.25, -0.2) is 8.42 Å². The van der Waals surface area contributed by atoms with E-state index < -0.39 is 10.0 Å². The highest BCUT2D eigenvalue weighted by atomic mass is 32.2. The molecule has 7 heteroatoms. The molecule has 0 aliphatic rings. The molecule has 0 amide bonds. The smallest absolute Gasteiger partial charge is 0.263 e. The fourth-order valence-electron chi connectivity index (χ4n) is 1.84. The van der Waals surface area contributed by atoms with Crippen molar-refractivity contribution in [3.63, 3.8) is 0 Å². The topological polar surface area (TPSA) is 84.2 Å². The number of nitrogens with zero attached hydrogens (tertiary/aromatic N) is 1. The lowest BCUT2D eigenvalue weighted by Gasteiger charge is -2.14. The molecular formula is C13H17N3O3S. The lowest BCUT2D eigenvalue weighted by Crippen LogP contribution is -2.19. The zero-order valence-electron chi connectivity index (χ0n) is 11.3. The van der Waals surface area contributed by atoms with Gasteiger partial charge >= 0.3 is 0 Å². The molecule has 2 aromatic rings. The molecule has 1 atom stereocenters. The minimum Gasteiger partial charge on any atom is -0.363 e. The van der Waals surface area contributed by atoms with Gasteiger partial charge in [-0.15, -0.1) is 0 Å². The molecule has 2 rings (SSSR count). The Balaban J connectivity index is 2.25. The first-order valence-electron chi connectivity index (χ1n) is 6.29. The van der Waals surface area contributed by atoms with Crippen LogP contribution in [0.3, 0.4) is 0 Å². The molecule has 2 N–H and O–H groups in total. The molecule has 1 heterocycles. The van der Waals surface area contributed by atoms with Gasteiger partial charge < -0.3 is 9.84 Å². The standard InChI is InChI=1S/C13H17N3O3S/c1-3-14-10(2)11-5-4-6-12(9-11)20(17,18)16-13-7-8-19-15-13/h4-10,14H,3H2,1-2H3,(H,15,16). The van der Waals surface area contributed by atoms with Gasteiger partial charge in [0.1, 0.15) is 6.26 Å². The highest BCUT2D eigenvalue weighted by molar-refractivity contribution is 7.92. The monoisotopic (exact) mass is 295 g/mol. The van der Waals surface area contributed by atoms with Crippen LogP contribution in [0.15, 0.2) is 46.0 Å². The van der Waals surface area contributed by atoms with Crippen LogP contribution in [-0.4, -0.2) is 20.1 Å². The summed E-state index contributed by atoms with van der Waals surface area (Å²) in [5, 5.41) is 6.78. The Hall–Kier alpha value is -1.86. The number of hydrogen-bond acceptors (Lipinski definition) is 5. The van der Waals surface area contributed by atoms with Gasteiger partial charge in [0.25, 0.3) is 10.0 Å². The summed E-state index contributed by atoms with van der Waals surface area (Å²) < 4.78 is 31.4. The van der Waals surface area contributed by atoms with E-state index in [1.165, 1.54) is 12.3 Å². The van der Waals surface area contributed by atoms with Crippen LogP contribution in [0.25, 0.3) is 0 Å². The predicted octanol–water partition coefficient (Wildman–Crippen LogP) is 2.15. The van der Waals surface area contributed by atoms with Crippen molar-refractivity contribution in [3.05, 3.63) is 42.2 Å². The van der Waals surface area contributed by atoms with E-state index in [2.05, 4.69) is 19.7 Å². The van der Waals surface area contributed by atoms with E-state index in [-0.39, 0.29) is 16.8 Å². The van der Waals surface area contributed by atoms with Gasteiger partial charge in [-0.3, -0.25) is 4.72 Å². The fraction of sp³-hybridized carbons (Fsp3) is 0.308. The summed E-state index contributed by atoms with van der Waals surface area (Å²) in [6.07, 6.45) is 1.31. The van der Waals surface area contributed by atoms with Crippen molar-refractivity contribution in [2.24, 2.45) is 0 Å². The van der Waals surface area contributed by atoms with Crippen molar-refractivity contribution in [2.75, 3.05) is 11.3 Å². The maximum absolute atomic E-state index is 12.2. The summed E-state index contributed by atoms with van der Waals surface area (Å²) in [7, 11) is -3.65. The Labute approximate surface area is 118 Å². The van der Waals surface area contributed by atoms with E-state index in [4.69, 9.17) is 0 Å². The van der Waals surface area contributed by atoms with E-state index in [1.807, 2.05) is 19.9 Å². The van der Waals surface area contributed by atoms with E-state index in [0.717, 1.165) is 12.1 Å². The van der Waals surface area contributed by atoms with Crippen LogP contribution >= 0.6 is 0 Å². The van der Waals surface area contributed by atoms with Crippen molar-refractivity contribution in [3.8, 4) is 0 Å². The van der Waals surface area contributed by atoms with Gasteiger partial charge in [-0.2, -0.15) is 0 Å². The van der Waals surface area contributed by atoms with E-state index >= 15 is 0 Å². The first-order chi connectivity index (χ1) is 9.53. The molecule has 1 aromatic heterocycles. The molecule has 0 bridgehead atoms.